The van der Waals surface area contributed by atoms with Crippen LogP contribution in [0.3, 0.4) is 0 Å². The molecule has 0 radical (unpaired) electrons. The molecule has 3 atom stereocenters. The minimum Gasteiger partial charge on any atom is -0.512 e. The van der Waals surface area contributed by atoms with E-state index in [4.69, 9.17) is 16.2 Å². The van der Waals surface area contributed by atoms with Crippen molar-refractivity contribution in [2.24, 2.45) is 28.7 Å². The van der Waals surface area contributed by atoms with Gasteiger partial charge in [-0.05, 0) is 73.8 Å². The third-order valence-corrected chi connectivity index (χ3v) is 9.17. The van der Waals surface area contributed by atoms with Gasteiger partial charge < -0.3 is 31.3 Å². The summed E-state index contributed by atoms with van der Waals surface area (Å²) in [6.07, 6.45) is 3.04. The first kappa shape index (κ1) is 29.2. The molecule has 2 bridgehead atoms. The highest BCUT2D eigenvalue weighted by Gasteiger charge is 2.46. The number of phenols is 1. The number of hydrogen-bond acceptors (Lipinski definition) is 7. The van der Waals surface area contributed by atoms with E-state index in [1.54, 1.807) is 24.3 Å². The van der Waals surface area contributed by atoms with Crippen LogP contribution in [0.15, 0.2) is 53.0 Å². The molecule has 0 aliphatic heterocycles. The number of aliphatic hydroxyl groups is 1. The molecule has 5 rings (SSSR count). The van der Waals surface area contributed by atoms with E-state index in [-0.39, 0.29) is 46.7 Å². The maximum atomic E-state index is 14.6. The van der Waals surface area contributed by atoms with E-state index in [1.807, 2.05) is 38.9 Å². The molecule has 3 unspecified atom stereocenters. The fraction of sp³-hybridized carbons (Fsp3) is 0.424. The number of anilines is 1. The fourth-order valence-corrected chi connectivity index (χ4v) is 7.28. The van der Waals surface area contributed by atoms with Crippen molar-refractivity contribution >= 4 is 23.3 Å². The molecule has 9 heteroatoms. The average Bonchev–Trinajstić information content (AvgIpc) is 2.99. The maximum absolute atomic E-state index is 14.6. The third-order valence-electron chi connectivity index (χ3n) is 9.17. The van der Waals surface area contributed by atoms with Crippen molar-refractivity contribution in [2.45, 2.75) is 52.4 Å². The maximum Gasteiger partial charge on any atom is 0.248 e. The summed E-state index contributed by atoms with van der Waals surface area (Å²) in [5, 5.41) is 22.8. The van der Waals surface area contributed by atoms with Gasteiger partial charge in [-0.15, -0.1) is 0 Å². The van der Waals surface area contributed by atoms with Crippen molar-refractivity contribution in [3.05, 3.63) is 69.7 Å². The van der Waals surface area contributed by atoms with Gasteiger partial charge in [0, 0.05) is 54.7 Å². The molecule has 9 nitrogen and oxygen atoms in total. The Kier molecular flexibility index (Phi) is 7.55. The van der Waals surface area contributed by atoms with E-state index in [0.717, 1.165) is 17.7 Å². The van der Waals surface area contributed by atoms with Crippen LogP contribution in [-0.2, 0) is 16.0 Å². The van der Waals surface area contributed by atoms with Crippen LogP contribution in [0.25, 0.3) is 11.1 Å². The van der Waals surface area contributed by atoms with E-state index >= 15 is 0 Å². The number of amides is 2. The fourth-order valence-electron chi connectivity index (χ4n) is 7.28. The number of allylic oxidation sites excluding steroid dienone is 3. The zero-order chi connectivity index (χ0) is 30.5. The third kappa shape index (κ3) is 4.91. The number of ether oxygens (including phenoxy) is 1. The van der Waals surface area contributed by atoms with Crippen LogP contribution in [0.2, 0.25) is 0 Å². The van der Waals surface area contributed by atoms with Crippen LogP contribution in [0.4, 0.5) is 5.69 Å². The van der Waals surface area contributed by atoms with Gasteiger partial charge in [-0.2, -0.15) is 0 Å². The minimum absolute atomic E-state index is 0.0312. The number of hydrogen-bond donors (Lipinski definition) is 4. The first-order chi connectivity index (χ1) is 19.9. The summed E-state index contributed by atoms with van der Waals surface area (Å²) < 4.78 is 6.18. The Morgan fingerprint density at radius 3 is 2.50 bits per heavy atom. The van der Waals surface area contributed by atoms with Gasteiger partial charge in [-0.3, -0.25) is 14.4 Å². The Hall–Kier alpha value is -4.27. The molecule has 6 N–H and O–H groups in total. The van der Waals surface area contributed by atoms with E-state index in [9.17, 15) is 24.6 Å². The van der Waals surface area contributed by atoms with E-state index in [1.165, 1.54) is 0 Å². The summed E-state index contributed by atoms with van der Waals surface area (Å²) in [5.74, 6) is -1.39. The van der Waals surface area contributed by atoms with Crippen molar-refractivity contribution in [3.63, 3.8) is 0 Å². The van der Waals surface area contributed by atoms with Crippen LogP contribution in [0.1, 0.15) is 72.2 Å². The lowest BCUT2D eigenvalue weighted by molar-refractivity contribution is -0.115. The number of ketones is 1. The van der Waals surface area contributed by atoms with Crippen LogP contribution < -0.4 is 16.4 Å². The van der Waals surface area contributed by atoms with Crippen molar-refractivity contribution in [2.75, 3.05) is 25.6 Å². The van der Waals surface area contributed by atoms with Gasteiger partial charge in [0.05, 0.1) is 17.7 Å². The largest absolute Gasteiger partial charge is 0.512 e. The molecule has 2 amide bonds. The number of rotatable bonds is 6. The second-order valence-electron chi connectivity index (χ2n) is 12.3. The van der Waals surface area contributed by atoms with Gasteiger partial charge in [-0.1, -0.05) is 19.1 Å². The van der Waals surface area contributed by atoms with Gasteiger partial charge in [0.15, 0.2) is 5.78 Å². The Bertz CT molecular complexity index is 1550. The quantitative estimate of drug-likeness (QED) is 0.388. The molecule has 0 aromatic heterocycles. The number of aromatic hydroxyl groups is 1. The molecule has 2 aromatic rings. The Labute approximate surface area is 245 Å². The lowest BCUT2D eigenvalue weighted by Crippen LogP contribution is -2.33. The lowest BCUT2D eigenvalue weighted by atomic mass is 9.71. The molecule has 3 aliphatic rings. The summed E-state index contributed by atoms with van der Waals surface area (Å²) in [5.41, 5.74) is 14.3. The predicted octanol–water partition coefficient (Wildman–Crippen LogP) is 4.77. The molecule has 0 heterocycles. The van der Waals surface area contributed by atoms with Crippen molar-refractivity contribution in [3.8, 4) is 16.9 Å². The highest BCUT2D eigenvalue weighted by Crippen LogP contribution is 2.52. The molecular weight excluding hydrogens is 534 g/mol. The number of fused-ring (bicyclic) bond motifs is 5. The summed E-state index contributed by atoms with van der Waals surface area (Å²) in [6.45, 7) is 4.05. The Morgan fingerprint density at radius 1 is 1.12 bits per heavy atom. The topological polar surface area (TPSA) is 156 Å². The zero-order valence-corrected chi connectivity index (χ0v) is 24.6. The van der Waals surface area contributed by atoms with Gasteiger partial charge in [-0.25, -0.2) is 0 Å². The molecule has 0 fully saturated rings. The van der Waals surface area contributed by atoms with Crippen molar-refractivity contribution in [1.29, 1.82) is 0 Å². The van der Waals surface area contributed by atoms with Gasteiger partial charge in [0.25, 0.3) is 0 Å². The number of benzene rings is 2. The highest BCUT2D eigenvalue weighted by molar-refractivity contribution is 6.15. The van der Waals surface area contributed by atoms with E-state index in [0.29, 0.717) is 60.3 Å². The summed E-state index contributed by atoms with van der Waals surface area (Å²) in [4.78, 5) is 41.0. The van der Waals surface area contributed by atoms with Gasteiger partial charge in [0.1, 0.15) is 17.3 Å². The second kappa shape index (κ2) is 10.9. The first-order valence-electron chi connectivity index (χ1n) is 14.5. The zero-order valence-electron chi connectivity index (χ0n) is 24.6. The number of nitrogens with zero attached hydrogens (tertiary/aromatic N) is 1. The number of primary amides is 2. The van der Waals surface area contributed by atoms with Gasteiger partial charge >= 0.3 is 0 Å². The van der Waals surface area contributed by atoms with Crippen LogP contribution >= 0.6 is 0 Å². The predicted molar refractivity (Wildman–Crippen MR) is 160 cm³/mol. The summed E-state index contributed by atoms with van der Waals surface area (Å²) >= 11 is 0. The summed E-state index contributed by atoms with van der Waals surface area (Å²) in [6, 6.07) is 8.51. The molecule has 2 aromatic carbocycles. The second-order valence-corrected chi connectivity index (χ2v) is 12.3. The first-order valence-corrected chi connectivity index (χ1v) is 14.5. The molecular formula is C33H39N3O6. The van der Waals surface area contributed by atoms with Crippen LogP contribution in [-0.4, -0.2) is 48.5 Å². The number of phenolic OH excluding ortho intramolecular Hbond substituents is 1. The Balaban J connectivity index is 1.75. The van der Waals surface area contributed by atoms with Crippen LogP contribution in [0.5, 0.6) is 5.75 Å². The monoisotopic (exact) mass is 573 g/mol. The Morgan fingerprint density at radius 2 is 1.86 bits per heavy atom. The standard InChI is InChI=1S/C33H39N3O6/c1-5-42-25-16-33(2)10-9-17(12-24(37)28(33)32(35)41)11-20-14-22-23(36(3)4)15-21(29(38)27(22)30(39)26(20)25)18-7-6-8-19(13-18)31(34)40/h6-8,13,15,17,20,37-38H,5,9-12,14,16H2,1-4H3,(H2,34,40)(H2,35,41)/b26-25-. The normalized spacial score (nSPS) is 25.5. The van der Waals surface area contributed by atoms with Crippen molar-refractivity contribution in [1.82, 2.24) is 0 Å². The number of nitrogens with two attached hydrogens (primary N) is 2. The minimum atomic E-state index is -0.814. The highest BCUT2D eigenvalue weighted by atomic mass is 16.5. The molecule has 42 heavy (non-hydrogen) atoms. The summed E-state index contributed by atoms with van der Waals surface area (Å²) in [7, 11) is 3.78. The number of carbonyl (C=O) groups excluding carboxylic acids is 3. The molecule has 0 saturated heterocycles. The molecule has 222 valence electrons. The van der Waals surface area contributed by atoms with Crippen molar-refractivity contribution < 1.29 is 29.3 Å². The van der Waals surface area contributed by atoms with Crippen LogP contribution in [0, 0.1) is 17.3 Å². The number of carbonyl (C=O) groups is 3. The number of aliphatic hydroxyl groups excluding tert-OH is 1. The van der Waals surface area contributed by atoms with E-state index < -0.39 is 17.2 Å². The average molecular weight is 574 g/mol. The molecule has 3 aliphatic carbocycles. The SMILES string of the molecule is CCO/C1=C2\C(=O)c3c(O)c(-c4cccc(C(N)=O)c4)cc(N(C)C)c3CC2CC2CCC(C)(C1)C(C(N)=O)=C(O)C2. The smallest absolute Gasteiger partial charge is 0.248 e. The molecule has 0 saturated carbocycles. The number of Topliss-reactive ketones (excluding diaryl/α,β-unsaturated/α-hetero) is 1. The lowest BCUT2D eigenvalue weighted by Gasteiger charge is -2.35. The molecule has 0 spiro atoms. The van der Waals surface area contributed by atoms with E-state index in [2.05, 4.69) is 0 Å². The van der Waals surface area contributed by atoms with Gasteiger partial charge in [0.2, 0.25) is 11.8 Å².